The molecule has 1 heterocycles. The second-order valence-electron chi connectivity index (χ2n) is 4.55. The Hall–Kier alpha value is -1.73. The number of nitrogen functional groups attached to an aromatic ring is 1. The largest absolute Gasteiger partial charge is 0.336 e. The van der Waals surface area contributed by atoms with Crippen molar-refractivity contribution in [2.45, 2.75) is 0 Å². The van der Waals surface area contributed by atoms with Crippen LogP contribution in [-0.4, -0.2) is 48.9 Å². The first-order valence-electron chi connectivity index (χ1n) is 5.96. The molecule has 1 fully saturated rings. The first-order valence-corrected chi connectivity index (χ1v) is 5.96. The number of nitrogens with zero attached hydrogens (tertiary/aromatic N) is 2. The van der Waals surface area contributed by atoms with E-state index in [0.29, 0.717) is 13.1 Å². The van der Waals surface area contributed by atoms with Crippen molar-refractivity contribution in [3.8, 4) is 0 Å². The Kier molecular flexibility index (Phi) is 3.96. The lowest BCUT2D eigenvalue weighted by Crippen LogP contribution is -2.47. The summed E-state index contributed by atoms with van der Waals surface area (Å²) in [7, 11) is 1.96. The van der Waals surface area contributed by atoms with Crippen LogP contribution in [0.25, 0.3) is 0 Å². The van der Waals surface area contributed by atoms with Crippen LogP contribution in [0.1, 0.15) is 10.4 Å². The molecule has 1 aliphatic rings. The van der Waals surface area contributed by atoms with Crippen LogP contribution in [0.4, 0.5) is 14.5 Å². The summed E-state index contributed by atoms with van der Waals surface area (Å²) in [6.07, 6.45) is 0. The number of anilines is 1. The van der Waals surface area contributed by atoms with Crippen LogP contribution in [0, 0.1) is 11.6 Å². The summed E-state index contributed by atoms with van der Waals surface area (Å²) in [5.74, 6) is 2.89. The number of nitrogens with one attached hydrogen (secondary N) is 1. The normalized spacial score (nSPS) is 16.5. The second-order valence-corrected chi connectivity index (χ2v) is 4.55. The molecule has 1 aromatic carbocycles. The predicted octanol–water partition coefficient (Wildman–Crippen LogP) is 0.638. The van der Waals surface area contributed by atoms with Gasteiger partial charge in [-0.25, -0.2) is 8.78 Å². The molecule has 1 aromatic rings. The first-order chi connectivity index (χ1) is 9.02. The summed E-state index contributed by atoms with van der Waals surface area (Å²) >= 11 is 0. The number of carbonyl (C=O) groups is 1. The van der Waals surface area contributed by atoms with Gasteiger partial charge in [0.2, 0.25) is 0 Å². The van der Waals surface area contributed by atoms with Gasteiger partial charge in [0.15, 0.2) is 11.6 Å². The topological polar surface area (TPSA) is 61.6 Å². The van der Waals surface area contributed by atoms with E-state index in [0.717, 1.165) is 25.2 Å². The fourth-order valence-electron chi connectivity index (χ4n) is 2.03. The molecule has 19 heavy (non-hydrogen) atoms. The van der Waals surface area contributed by atoms with Crippen LogP contribution in [0.15, 0.2) is 12.1 Å². The molecule has 0 unspecified atom stereocenters. The number of likely N-dealkylation sites (N-methyl/N-ethyl adjacent to an activating group) is 1. The third kappa shape index (κ3) is 2.82. The molecule has 5 nitrogen and oxygen atoms in total. The van der Waals surface area contributed by atoms with Crippen molar-refractivity contribution in [3.05, 3.63) is 29.3 Å². The lowest BCUT2D eigenvalue weighted by molar-refractivity contribution is 0.0663. The molecule has 2 rings (SSSR count). The van der Waals surface area contributed by atoms with Gasteiger partial charge >= 0.3 is 0 Å². The zero-order chi connectivity index (χ0) is 14.0. The Balaban J connectivity index is 2.20. The maximum absolute atomic E-state index is 13.5. The number of rotatable bonds is 2. The van der Waals surface area contributed by atoms with E-state index < -0.39 is 17.3 Å². The molecule has 0 aromatic heterocycles. The molecule has 7 heteroatoms. The Bertz CT molecular complexity index is 464. The molecule has 1 amide bonds. The first kappa shape index (κ1) is 13.7. The van der Waals surface area contributed by atoms with Crippen molar-refractivity contribution >= 4 is 11.6 Å². The molecule has 3 N–H and O–H groups in total. The fraction of sp³-hybridized carbons (Fsp3) is 0.417. The molecule has 0 aliphatic carbocycles. The highest BCUT2D eigenvalue weighted by Crippen LogP contribution is 2.21. The van der Waals surface area contributed by atoms with Gasteiger partial charge in [-0.2, -0.15) is 0 Å². The SMILES string of the molecule is CN1CCN(C(=O)c2cc(F)c(NN)c(F)c2)CC1. The zero-order valence-corrected chi connectivity index (χ0v) is 10.6. The maximum Gasteiger partial charge on any atom is 0.254 e. The van der Waals surface area contributed by atoms with E-state index in [1.54, 1.807) is 4.90 Å². The third-order valence-electron chi connectivity index (χ3n) is 3.22. The predicted molar refractivity (Wildman–Crippen MR) is 67.6 cm³/mol. The highest BCUT2D eigenvalue weighted by atomic mass is 19.1. The van der Waals surface area contributed by atoms with Crippen LogP contribution in [-0.2, 0) is 0 Å². The summed E-state index contributed by atoms with van der Waals surface area (Å²) in [5, 5.41) is 0. The number of benzene rings is 1. The number of nitrogens with two attached hydrogens (primary N) is 1. The average Bonchev–Trinajstić information content (AvgIpc) is 2.38. The van der Waals surface area contributed by atoms with Crippen LogP contribution >= 0.6 is 0 Å². The van der Waals surface area contributed by atoms with Gasteiger partial charge in [0.1, 0.15) is 5.69 Å². The van der Waals surface area contributed by atoms with Crippen LogP contribution in [0.5, 0.6) is 0 Å². The van der Waals surface area contributed by atoms with Gasteiger partial charge < -0.3 is 15.2 Å². The van der Waals surface area contributed by atoms with Gasteiger partial charge in [-0.05, 0) is 19.2 Å². The summed E-state index contributed by atoms with van der Waals surface area (Å²) in [6.45, 7) is 2.60. The molecule has 1 saturated heterocycles. The lowest BCUT2D eigenvalue weighted by Gasteiger charge is -2.32. The van der Waals surface area contributed by atoms with Gasteiger partial charge in [-0.1, -0.05) is 0 Å². The Morgan fingerprint density at radius 1 is 1.21 bits per heavy atom. The number of hydrazine groups is 1. The zero-order valence-electron chi connectivity index (χ0n) is 10.6. The minimum atomic E-state index is -0.875. The molecule has 0 spiro atoms. The second kappa shape index (κ2) is 5.50. The summed E-state index contributed by atoms with van der Waals surface area (Å²) in [5.41, 5.74) is 1.50. The molecular formula is C12H16F2N4O. The van der Waals surface area contributed by atoms with E-state index in [2.05, 4.69) is 4.90 Å². The highest BCUT2D eigenvalue weighted by molar-refractivity contribution is 5.94. The van der Waals surface area contributed by atoms with Crippen LogP contribution in [0.2, 0.25) is 0 Å². The van der Waals surface area contributed by atoms with Gasteiger partial charge in [-0.15, -0.1) is 0 Å². The molecular weight excluding hydrogens is 254 g/mol. The quantitative estimate of drug-likeness (QED) is 0.611. The average molecular weight is 270 g/mol. The monoisotopic (exact) mass is 270 g/mol. The molecule has 0 atom stereocenters. The van der Waals surface area contributed by atoms with Crippen LogP contribution in [0.3, 0.4) is 0 Å². The smallest absolute Gasteiger partial charge is 0.254 e. The molecule has 0 radical (unpaired) electrons. The van der Waals surface area contributed by atoms with Gasteiger partial charge in [0.05, 0.1) is 0 Å². The third-order valence-corrected chi connectivity index (χ3v) is 3.22. The Morgan fingerprint density at radius 3 is 2.21 bits per heavy atom. The van der Waals surface area contributed by atoms with Gasteiger partial charge in [0, 0.05) is 31.7 Å². The van der Waals surface area contributed by atoms with Crippen molar-refractivity contribution in [2.24, 2.45) is 5.84 Å². The van der Waals surface area contributed by atoms with Crippen molar-refractivity contribution in [1.82, 2.24) is 9.80 Å². The number of piperazine rings is 1. The minimum absolute atomic E-state index is 0.00134. The van der Waals surface area contributed by atoms with Crippen molar-refractivity contribution in [3.63, 3.8) is 0 Å². The summed E-state index contributed by atoms with van der Waals surface area (Å²) in [4.78, 5) is 15.8. The van der Waals surface area contributed by atoms with Crippen LogP contribution < -0.4 is 11.3 Å². The Morgan fingerprint density at radius 2 is 1.74 bits per heavy atom. The maximum atomic E-state index is 13.5. The number of carbonyl (C=O) groups excluding carboxylic acids is 1. The van der Waals surface area contributed by atoms with E-state index in [1.165, 1.54) is 0 Å². The summed E-state index contributed by atoms with van der Waals surface area (Å²) in [6, 6.07) is 2.00. The number of halogens is 2. The summed E-state index contributed by atoms with van der Waals surface area (Å²) < 4.78 is 27.1. The Labute approximate surface area is 109 Å². The molecule has 104 valence electrons. The lowest BCUT2D eigenvalue weighted by atomic mass is 10.1. The number of hydrogen-bond donors (Lipinski definition) is 2. The fourth-order valence-corrected chi connectivity index (χ4v) is 2.03. The van der Waals surface area contributed by atoms with E-state index in [1.807, 2.05) is 12.5 Å². The van der Waals surface area contributed by atoms with E-state index in [-0.39, 0.29) is 11.5 Å². The number of hydrogen-bond acceptors (Lipinski definition) is 4. The van der Waals surface area contributed by atoms with E-state index >= 15 is 0 Å². The van der Waals surface area contributed by atoms with Gasteiger partial charge in [-0.3, -0.25) is 10.6 Å². The highest BCUT2D eigenvalue weighted by Gasteiger charge is 2.22. The van der Waals surface area contributed by atoms with Crippen molar-refractivity contribution in [2.75, 3.05) is 38.7 Å². The minimum Gasteiger partial charge on any atom is -0.336 e. The standard InChI is InChI=1S/C12H16F2N4O/c1-17-2-4-18(5-3-17)12(19)8-6-9(13)11(16-15)10(14)7-8/h6-7,16H,2-5,15H2,1H3. The van der Waals surface area contributed by atoms with Crippen molar-refractivity contribution < 1.29 is 13.6 Å². The van der Waals surface area contributed by atoms with Crippen molar-refractivity contribution in [1.29, 1.82) is 0 Å². The van der Waals surface area contributed by atoms with E-state index in [9.17, 15) is 13.6 Å². The number of amides is 1. The molecule has 0 bridgehead atoms. The van der Waals surface area contributed by atoms with Gasteiger partial charge in [0.25, 0.3) is 5.91 Å². The molecule has 1 aliphatic heterocycles. The molecule has 0 saturated carbocycles. The van der Waals surface area contributed by atoms with E-state index in [4.69, 9.17) is 5.84 Å².